The van der Waals surface area contributed by atoms with Gasteiger partial charge in [0, 0.05) is 13.1 Å². The maximum Gasteiger partial charge on any atom is 0.241 e. The molecule has 0 saturated heterocycles. The first kappa shape index (κ1) is 17.6. The minimum absolute atomic E-state index is 0. The maximum atomic E-state index is 11.6. The minimum Gasteiger partial charge on any atom is -0.346 e. The molecule has 0 heterocycles. The molecule has 6 heteroatoms. The van der Waals surface area contributed by atoms with Crippen molar-refractivity contribution in [3.63, 3.8) is 0 Å². The fourth-order valence-corrected chi connectivity index (χ4v) is 1.17. The zero-order chi connectivity index (χ0) is 11.7. The highest BCUT2D eigenvalue weighted by Crippen LogP contribution is 1.94. The zero-order valence-electron chi connectivity index (χ0n) is 9.99. The van der Waals surface area contributed by atoms with Crippen molar-refractivity contribution in [1.29, 1.82) is 0 Å². The Labute approximate surface area is 103 Å². The van der Waals surface area contributed by atoms with Crippen LogP contribution in [-0.2, 0) is 9.59 Å². The van der Waals surface area contributed by atoms with E-state index in [4.69, 9.17) is 5.73 Å². The van der Waals surface area contributed by atoms with Gasteiger partial charge in [0.25, 0.3) is 0 Å². The third-order valence-electron chi connectivity index (χ3n) is 2.14. The lowest BCUT2D eigenvalue weighted by molar-refractivity contribution is -0.132. The highest BCUT2D eigenvalue weighted by atomic mass is 35.5. The van der Waals surface area contributed by atoms with Crippen LogP contribution in [0.25, 0.3) is 0 Å². The largest absolute Gasteiger partial charge is 0.346 e. The maximum absolute atomic E-state index is 11.6. The van der Waals surface area contributed by atoms with Crippen molar-refractivity contribution in [3.05, 3.63) is 0 Å². The van der Waals surface area contributed by atoms with E-state index in [-0.39, 0.29) is 37.3 Å². The van der Waals surface area contributed by atoms with Crippen LogP contribution in [0.3, 0.4) is 0 Å². The molecule has 0 radical (unpaired) electrons. The molecule has 0 spiro atoms. The molecule has 0 aliphatic carbocycles. The van der Waals surface area contributed by atoms with Crippen LogP contribution in [0.1, 0.15) is 26.7 Å². The van der Waals surface area contributed by atoms with Crippen LogP contribution >= 0.6 is 12.4 Å². The highest BCUT2D eigenvalue weighted by molar-refractivity contribution is 5.85. The Morgan fingerprint density at radius 2 is 1.94 bits per heavy atom. The van der Waals surface area contributed by atoms with Gasteiger partial charge in [0.05, 0.1) is 13.1 Å². The molecule has 3 N–H and O–H groups in total. The monoisotopic (exact) mass is 251 g/mol. The molecule has 0 aromatic heterocycles. The number of nitrogens with zero attached hydrogens (tertiary/aromatic N) is 1. The quantitative estimate of drug-likeness (QED) is 0.676. The van der Waals surface area contributed by atoms with E-state index < -0.39 is 0 Å². The molecule has 0 atom stereocenters. The molecule has 0 bridgehead atoms. The van der Waals surface area contributed by atoms with E-state index in [1.165, 1.54) is 0 Å². The number of nitrogens with two attached hydrogens (primary N) is 1. The molecule has 96 valence electrons. The number of amides is 2. The lowest BCUT2D eigenvalue weighted by atomic mass is 10.3. The Bertz CT molecular complexity index is 212. The second-order valence-electron chi connectivity index (χ2n) is 3.31. The lowest BCUT2D eigenvalue weighted by Crippen LogP contribution is -2.42. The Morgan fingerprint density at radius 3 is 2.38 bits per heavy atom. The van der Waals surface area contributed by atoms with Crippen LogP contribution in [0.15, 0.2) is 0 Å². The van der Waals surface area contributed by atoms with Crippen molar-refractivity contribution < 1.29 is 9.59 Å². The first-order chi connectivity index (χ1) is 7.15. The average molecular weight is 252 g/mol. The van der Waals surface area contributed by atoms with Gasteiger partial charge in [-0.1, -0.05) is 13.3 Å². The van der Waals surface area contributed by atoms with E-state index in [1.54, 1.807) is 4.90 Å². The molecule has 0 aliphatic heterocycles. The minimum atomic E-state index is -0.296. The first-order valence-corrected chi connectivity index (χ1v) is 5.40. The van der Waals surface area contributed by atoms with Gasteiger partial charge in [-0.3, -0.25) is 9.59 Å². The topological polar surface area (TPSA) is 75.4 Å². The number of hydrogen-bond donors (Lipinski definition) is 2. The summed E-state index contributed by atoms with van der Waals surface area (Å²) in [6.07, 6.45) is 2.04. The second-order valence-corrected chi connectivity index (χ2v) is 3.31. The molecule has 5 nitrogen and oxygen atoms in total. The van der Waals surface area contributed by atoms with Crippen molar-refractivity contribution in [1.82, 2.24) is 10.2 Å². The second kappa shape index (κ2) is 10.7. The molecular formula is C10H22ClN3O2. The molecule has 0 saturated carbocycles. The number of carbonyl (C=O) groups is 2. The molecule has 0 aromatic rings. The number of unbranched alkanes of at least 4 members (excludes halogenated alkanes) is 1. The molecule has 0 rings (SSSR count). The number of halogens is 1. The van der Waals surface area contributed by atoms with Crippen molar-refractivity contribution in [2.24, 2.45) is 5.73 Å². The van der Waals surface area contributed by atoms with Gasteiger partial charge in [-0.05, 0) is 13.3 Å². The first-order valence-electron chi connectivity index (χ1n) is 5.40. The SMILES string of the molecule is CCCCN(CC)C(=O)CNC(=O)CN.Cl. The van der Waals surface area contributed by atoms with E-state index in [0.717, 1.165) is 19.4 Å². The van der Waals surface area contributed by atoms with E-state index in [0.29, 0.717) is 6.54 Å². The molecule has 0 fully saturated rings. The summed E-state index contributed by atoms with van der Waals surface area (Å²) >= 11 is 0. The Morgan fingerprint density at radius 1 is 1.31 bits per heavy atom. The van der Waals surface area contributed by atoms with E-state index in [9.17, 15) is 9.59 Å². The molecule has 2 amide bonds. The molecule has 16 heavy (non-hydrogen) atoms. The number of carbonyl (C=O) groups excluding carboxylic acids is 2. The van der Waals surface area contributed by atoms with Gasteiger partial charge < -0.3 is 16.0 Å². The lowest BCUT2D eigenvalue weighted by Gasteiger charge is -2.20. The Balaban J connectivity index is 0. The third-order valence-corrected chi connectivity index (χ3v) is 2.14. The summed E-state index contributed by atoms with van der Waals surface area (Å²) in [5.41, 5.74) is 5.11. The number of hydrogen-bond acceptors (Lipinski definition) is 3. The number of likely N-dealkylation sites (N-methyl/N-ethyl adjacent to an activating group) is 1. The predicted molar refractivity (Wildman–Crippen MR) is 66.5 cm³/mol. The van der Waals surface area contributed by atoms with Gasteiger partial charge in [-0.2, -0.15) is 0 Å². The van der Waals surface area contributed by atoms with Gasteiger partial charge in [0.15, 0.2) is 0 Å². The van der Waals surface area contributed by atoms with Gasteiger partial charge in [-0.25, -0.2) is 0 Å². The summed E-state index contributed by atoms with van der Waals surface area (Å²) in [5, 5.41) is 2.47. The van der Waals surface area contributed by atoms with Crippen LogP contribution in [-0.4, -0.2) is 42.9 Å². The third kappa shape index (κ3) is 7.48. The summed E-state index contributed by atoms with van der Waals surface area (Å²) in [5.74, 6) is -0.345. The standard InChI is InChI=1S/C10H21N3O2.ClH/c1-3-5-6-13(4-2)10(15)8-12-9(14)7-11;/h3-8,11H2,1-2H3,(H,12,14);1H. The number of rotatable bonds is 7. The van der Waals surface area contributed by atoms with Crippen molar-refractivity contribution in [3.8, 4) is 0 Å². The molecule has 0 aromatic carbocycles. The van der Waals surface area contributed by atoms with Gasteiger partial charge >= 0.3 is 0 Å². The van der Waals surface area contributed by atoms with Crippen molar-refractivity contribution in [2.75, 3.05) is 26.2 Å². The number of nitrogens with one attached hydrogen (secondary N) is 1. The zero-order valence-corrected chi connectivity index (χ0v) is 10.8. The Kier molecular flexibility index (Phi) is 11.8. The Hall–Kier alpha value is -0.810. The van der Waals surface area contributed by atoms with Gasteiger partial charge in [0.2, 0.25) is 11.8 Å². The van der Waals surface area contributed by atoms with Crippen LogP contribution in [0, 0.1) is 0 Å². The van der Waals surface area contributed by atoms with Gasteiger partial charge in [-0.15, -0.1) is 12.4 Å². The van der Waals surface area contributed by atoms with E-state index >= 15 is 0 Å². The van der Waals surface area contributed by atoms with Crippen LogP contribution < -0.4 is 11.1 Å². The highest BCUT2D eigenvalue weighted by Gasteiger charge is 2.11. The summed E-state index contributed by atoms with van der Waals surface area (Å²) < 4.78 is 0. The summed E-state index contributed by atoms with van der Waals surface area (Å²) in [6.45, 7) is 5.41. The van der Waals surface area contributed by atoms with Crippen molar-refractivity contribution in [2.45, 2.75) is 26.7 Å². The fraction of sp³-hybridized carbons (Fsp3) is 0.800. The van der Waals surface area contributed by atoms with Crippen LogP contribution in [0.5, 0.6) is 0 Å². The smallest absolute Gasteiger partial charge is 0.241 e. The summed E-state index contributed by atoms with van der Waals surface area (Å²) in [6, 6.07) is 0. The molecular weight excluding hydrogens is 230 g/mol. The van der Waals surface area contributed by atoms with E-state index in [2.05, 4.69) is 12.2 Å². The van der Waals surface area contributed by atoms with Crippen molar-refractivity contribution >= 4 is 24.2 Å². The van der Waals surface area contributed by atoms with E-state index in [1.807, 2.05) is 6.92 Å². The van der Waals surface area contributed by atoms with Gasteiger partial charge in [0.1, 0.15) is 0 Å². The summed E-state index contributed by atoms with van der Waals surface area (Å²) in [7, 11) is 0. The predicted octanol–water partition coefficient (Wildman–Crippen LogP) is 0.132. The molecule has 0 unspecified atom stereocenters. The normalized spacial score (nSPS) is 9.19. The van der Waals surface area contributed by atoms with Crippen LogP contribution in [0.4, 0.5) is 0 Å². The fourth-order valence-electron chi connectivity index (χ4n) is 1.17. The molecule has 0 aliphatic rings. The van der Waals surface area contributed by atoms with Crippen LogP contribution in [0.2, 0.25) is 0 Å². The average Bonchev–Trinajstić information content (AvgIpc) is 2.26. The summed E-state index contributed by atoms with van der Waals surface area (Å²) in [4.78, 5) is 24.1.